The molecule has 3 saturated heterocycles. The van der Waals surface area contributed by atoms with Crippen molar-refractivity contribution in [1.29, 1.82) is 0 Å². The first kappa shape index (κ1) is 26.8. The number of hydrogen-bond donors (Lipinski definition) is 2. The summed E-state index contributed by atoms with van der Waals surface area (Å²) in [6.45, 7) is 11.3. The van der Waals surface area contributed by atoms with Crippen LogP contribution in [0, 0.1) is 0 Å². The van der Waals surface area contributed by atoms with Crippen LogP contribution in [-0.2, 0) is 6.54 Å². The third kappa shape index (κ3) is 5.37. The van der Waals surface area contributed by atoms with Crippen molar-refractivity contribution in [3.8, 4) is 17.1 Å². The molecule has 202 valence electrons. The van der Waals surface area contributed by atoms with Crippen LogP contribution in [0.1, 0.15) is 51.8 Å². The number of pyridine rings is 2. The number of nitrogens with one attached hydrogen (secondary N) is 1. The molecule has 0 spiro atoms. The average molecular weight is 522 g/mol. The highest BCUT2D eigenvalue weighted by Crippen LogP contribution is 2.32. The zero-order valence-corrected chi connectivity index (χ0v) is 23.4. The number of fused-ring (bicyclic) bond motifs is 4. The van der Waals surface area contributed by atoms with Gasteiger partial charge in [0.1, 0.15) is 11.3 Å². The van der Waals surface area contributed by atoms with Crippen molar-refractivity contribution in [3.63, 3.8) is 0 Å². The van der Waals surface area contributed by atoms with E-state index in [9.17, 15) is 0 Å². The third-order valence-corrected chi connectivity index (χ3v) is 7.58. The number of anilines is 1. The van der Waals surface area contributed by atoms with Crippen molar-refractivity contribution in [2.75, 3.05) is 18.8 Å². The molecule has 3 aliphatic rings. The van der Waals surface area contributed by atoms with Crippen LogP contribution < -0.4 is 11.1 Å². The summed E-state index contributed by atoms with van der Waals surface area (Å²) in [4.78, 5) is 17.0. The van der Waals surface area contributed by atoms with E-state index in [1.165, 1.54) is 18.4 Å². The number of imidazole rings is 1. The lowest BCUT2D eigenvalue weighted by Crippen LogP contribution is -2.60. The Morgan fingerprint density at radius 3 is 2.51 bits per heavy atom. The van der Waals surface area contributed by atoms with E-state index in [0.29, 0.717) is 17.9 Å². The molecular weight excluding hydrogens is 482 g/mol. The first-order valence-corrected chi connectivity index (χ1v) is 14.1. The number of nitrogens with zero attached hydrogens (tertiary/aromatic N) is 5. The van der Waals surface area contributed by atoms with Crippen LogP contribution in [-0.4, -0.2) is 49.6 Å². The summed E-state index contributed by atoms with van der Waals surface area (Å²) in [6.07, 6.45) is 10.5. The summed E-state index contributed by atoms with van der Waals surface area (Å²) >= 11 is 0. The Morgan fingerprint density at radius 2 is 1.87 bits per heavy atom. The number of piperazine rings is 1. The Labute approximate surface area is 231 Å². The third-order valence-electron chi connectivity index (χ3n) is 7.58. The van der Waals surface area contributed by atoms with Crippen LogP contribution in [0.15, 0.2) is 73.0 Å². The van der Waals surface area contributed by atoms with Gasteiger partial charge < -0.3 is 11.1 Å². The second kappa shape index (κ2) is 11.9. The molecule has 39 heavy (non-hydrogen) atoms. The van der Waals surface area contributed by atoms with Crippen molar-refractivity contribution in [2.45, 2.75) is 59.2 Å². The Bertz CT molecular complexity index is 1470. The van der Waals surface area contributed by atoms with Gasteiger partial charge in [-0.3, -0.25) is 9.47 Å². The van der Waals surface area contributed by atoms with E-state index in [0.717, 1.165) is 59.1 Å². The van der Waals surface area contributed by atoms with Crippen LogP contribution in [0.2, 0.25) is 0 Å². The van der Waals surface area contributed by atoms with Crippen LogP contribution in [0.25, 0.3) is 33.8 Å². The highest BCUT2D eigenvalue weighted by Gasteiger charge is 2.33. The molecule has 2 unspecified atom stereocenters. The molecule has 3 aromatic heterocycles. The maximum Gasteiger partial charge on any atom is 0.165 e. The topological polar surface area (TPSA) is 84.9 Å². The number of hydrogen-bond acceptors (Lipinski definition) is 6. The van der Waals surface area contributed by atoms with Gasteiger partial charge >= 0.3 is 0 Å². The minimum absolute atomic E-state index is 0.452. The monoisotopic (exact) mass is 521 g/mol. The van der Waals surface area contributed by atoms with Gasteiger partial charge in [-0.1, -0.05) is 44.2 Å². The van der Waals surface area contributed by atoms with Crippen LogP contribution in [0.5, 0.6) is 0 Å². The van der Waals surface area contributed by atoms with Crippen molar-refractivity contribution < 1.29 is 0 Å². The number of allylic oxidation sites excluding steroid dienone is 4. The molecular formula is C32H39N7. The predicted octanol–water partition coefficient (Wildman–Crippen LogP) is 6.01. The smallest absolute Gasteiger partial charge is 0.165 e. The first-order chi connectivity index (χ1) is 19.1. The van der Waals surface area contributed by atoms with Crippen molar-refractivity contribution in [1.82, 2.24) is 29.7 Å². The fourth-order valence-electron chi connectivity index (χ4n) is 5.64. The van der Waals surface area contributed by atoms with Gasteiger partial charge in [0.2, 0.25) is 0 Å². The van der Waals surface area contributed by atoms with Crippen LogP contribution >= 0.6 is 0 Å². The van der Waals surface area contributed by atoms with Gasteiger partial charge in [-0.15, -0.1) is 0 Å². The molecule has 1 aromatic carbocycles. The Hall–Kier alpha value is -3.81. The maximum atomic E-state index is 6.30. The maximum absolute atomic E-state index is 6.30. The quantitative estimate of drug-likeness (QED) is 0.303. The lowest BCUT2D eigenvalue weighted by Gasteiger charge is -2.46. The largest absolute Gasteiger partial charge is 0.383 e. The number of rotatable bonds is 6. The fourth-order valence-corrected chi connectivity index (χ4v) is 5.64. The second-order valence-electron chi connectivity index (χ2n) is 9.92. The molecule has 7 nitrogen and oxygen atoms in total. The number of nitrogens with two attached hydrogens (primary N) is 1. The zero-order valence-electron chi connectivity index (χ0n) is 23.4. The fraction of sp³-hybridized carbons (Fsp3) is 0.344. The van der Waals surface area contributed by atoms with Crippen molar-refractivity contribution in [2.24, 2.45) is 0 Å². The van der Waals surface area contributed by atoms with E-state index < -0.39 is 0 Å². The highest BCUT2D eigenvalue weighted by molar-refractivity contribution is 5.85. The molecule has 2 atom stereocenters. The SMILES string of the molecule is C/C=C\C(=C/C)c1ccc2nc(-c3cccnc3N)n(-c3ccc(CN4CC5CCC4CN5)cc3)c2n1.CC. The summed E-state index contributed by atoms with van der Waals surface area (Å²) in [5, 5.41) is 3.65. The standard InChI is InChI=1S/C30H33N7.C2H6/c1-3-6-21(4-2)26-14-15-27-30(34-26)37(29(35-27)25-7-5-16-32-28(25)31)23-11-8-20(9-12-23)18-36-19-22-10-13-24(36)17-33-22;1-2/h3-9,11-12,14-16,22,24,33H,10,13,17-19H2,1-2H3,(H2,31,32);1-2H3/b6-3-,21-4+;. The average Bonchev–Trinajstić information content (AvgIpc) is 3.37. The summed E-state index contributed by atoms with van der Waals surface area (Å²) in [7, 11) is 0. The molecule has 6 heterocycles. The normalized spacial score (nSPS) is 19.4. The molecule has 3 aliphatic heterocycles. The van der Waals surface area contributed by atoms with Crippen LogP contribution in [0.3, 0.4) is 0 Å². The van der Waals surface area contributed by atoms with E-state index in [1.54, 1.807) is 6.20 Å². The van der Waals surface area contributed by atoms with E-state index in [2.05, 4.69) is 56.2 Å². The van der Waals surface area contributed by atoms with Gasteiger partial charge in [-0.25, -0.2) is 15.0 Å². The van der Waals surface area contributed by atoms with Gasteiger partial charge in [0.05, 0.1) is 11.3 Å². The number of aromatic nitrogens is 4. The zero-order chi connectivity index (χ0) is 27.4. The Balaban J connectivity index is 0.00000151. The highest BCUT2D eigenvalue weighted by atomic mass is 15.2. The lowest BCUT2D eigenvalue weighted by molar-refractivity contribution is 0.0685. The summed E-state index contributed by atoms with van der Waals surface area (Å²) in [5.74, 6) is 1.19. The van der Waals surface area contributed by atoms with E-state index >= 15 is 0 Å². The first-order valence-electron chi connectivity index (χ1n) is 14.1. The molecule has 2 bridgehead atoms. The minimum Gasteiger partial charge on any atom is -0.383 e. The molecule has 0 radical (unpaired) electrons. The van der Waals surface area contributed by atoms with E-state index in [1.807, 2.05) is 58.0 Å². The van der Waals surface area contributed by atoms with Crippen LogP contribution in [0.4, 0.5) is 5.82 Å². The number of piperidine rings is 2. The van der Waals surface area contributed by atoms with Gasteiger partial charge in [-0.2, -0.15) is 0 Å². The number of benzene rings is 1. The minimum atomic E-state index is 0.452. The molecule has 7 heteroatoms. The molecule has 0 aliphatic carbocycles. The van der Waals surface area contributed by atoms with Crippen molar-refractivity contribution in [3.05, 3.63) is 84.2 Å². The summed E-state index contributed by atoms with van der Waals surface area (Å²) < 4.78 is 2.10. The Morgan fingerprint density at radius 1 is 1.05 bits per heavy atom. The Kier molecular flexibility index (Phi) is 8.19. The number of nitrogen functional groups attached to an aromatic ring is 1. The molecule has 0 amide bonds. The predicted molar refractivity (Wildman–Crippen MR) is 162 cm³/mol. The molecule has 0 saturated carbocycles. The second-order valence-corrected chi connectivity index (χ2v) is 9.92. The van der Waals surface area contributed by atoms with Gasteiger partial charge in [0.25, 0.3) is 0 Å². The summed E-state index contributed by atoms with van der Waals surface area (Å²) in [5.41, 5.74) is 13.0. The van der Waals surface area contributed by atoms with Gasteiger partial charge in [0, 0.05) is 43.6 Å². The molecule has 3 N–H and O–H groups in total. The van der Waals surface area contributed by atoms with Gasteiger partial charge in [-0.05, 0) is 74.2 Å². The van der Waals surface area contributed by atoms with Crippen molar-refractivity contribution >= 4 is 22.6 Å². The van der Waals surface area contributed by atoms with Gasteiger partial charge in [0.15, 0.2) is 11.5 Å². The summed E-state index contributed by atoms with van der Waals surface area (Å²) in [6, 6.07) is 18.0. The lowest BCUT2D eigenvalue weighted by atomic mass is 9.92. The van der Waals surface area contributed by atoms with E-state index in [-0.39, 0.29) is 0 Å². The molecule has 7 rings (SSSR count). The molecule has 4 aromatic rings. The molecule has 3 fully saturated rings. The van der Waals surface area contributed by atoms with E-state index in [4.69, 9.17) is 15.7 Å².